The summed E-state index contributed by atoms with van der Waals surface area (Å²) in [5.74, 6) is -0.559. The van der Waals surface area contributed by atoms with Gasteiger partial charge < -0.3 is 16.0 Å². The smallest absolute Gasteiger partial charge is 0.324 e. The molecule has 7 heteroatoms. The van der Waals surface area contributed by atoms with Crippen LogP contribution in [0.15, 0.2) is 54.6 Å². The Labute approximate surface area is 145 Å². The van der Waals surface area contributed by atoms with E-state index in [9.17, 15) is 14.4 Å². The number of nitrogens with zero attached hydrogens (tertiary/aromatic N) is 1. The molecule has 2 aromatic carbocycles. The number of benzene rings is 2. The molecular formula is C18H18N4O3. The highest BCUT2D eigenvalue weighted by molar-refractivity contribution is 6.02. The van der Waals surface area contributed by atoms with Crippen molar-refractivity contribution in [1.82, 2.24) is 15.5 Å². The van der Waals surface area contributed by atoms with Crippen molar-refractivity contribution in [3.05, 3.63) is 60.2 Å². The quantitative estimate of drug-likeness (QED) is 0.700. The number of carbonyl (C=O) groups excluding carboxylic acids is 3. The number of carbonyl (C=O) groups is 3. The maximum absolute atomic E-state index is 12.4. The molecule has 0 aromatic heterocycles. The number of nitrogens with one attached hydrogen (secondary N) is 3. The molecular weight excluding hydrogens is 320 g/mol. The third-order valence-electron chi connectivity index (χ3n) is 3.78. The molecule has 0 aliphatic carbocycles. The summed E-state index contributed by atoms with van der Waals surface area (Å²) in [5.41, 5.74) is 2.05. The molecule has 25 heavy (non-hydrogen) atoms. The van der Waals surface area contributed by atoms with Crippen LogP contribution in [0.1, 0.15) is 10.4 Å². The number of hydrogen-bond donors (Lipinski definition) is 3. The zero-order chi connectivity index (χ0) is 17.6. The van der Waals surface area contributed by atoms with Crippen LogP contribution in [-0.2, 0) is 4.79 Å². The molecule has 0 radical (unpaired) electrons. The fraction of sp³-hybridized carbons (Fsp3) is 0.167. The lowest BCUT2D eigenvalue weighted by Gasteiger charge is -2.14. The van der Waals surface area contributed by atoms with E-state index in [1.807, 2.05) is 42.5 Å². The Morgan fingerprint density at radius 3 is 2.48 bits per heavy atom. The van der Waals surface area contributed by atoms with Crippen molar-refractivity contribution in [3.63, 3.8) is 0 Å². The Bertz CT molecular complexity index is 776. The van der Waals surface area contributed by atoms with Crippen molar-refractivity contribution >= 4 is 29.2 Å². The monoisotopic (exact) mass is 338 g/mol. The third kappa shape index (κ3) is 3.95. The Kier molecular flexibility index (Phi) is 4.94. The molecule has 0 saturated carbocycles. The van der Waals surface area contributed by atoms with Crippen LogP contribution >= 0.6 is 0 Å². The first-order valence-corrected chi connectivity index (χ1v) is 7.92. The van der Waals surface area contributed by atoms with E-state index in [1.165, 1.54) is 0 Å². The van der Waals surface area contributed by atoms with Gasteiger partial charge in [0.1, 0.15) is 0 Å². The third-order valence-corrected chi connectivity index (χ3v) is 3.78. The normalized spacial score (nSPS) is 13.5. The van der Waals surface area contributed by atoms with E-state index < -0.39 is 6.03 Å². The fourth-order valence-electron chi connectivity index (χ4n) is 2.53. The van der Waals surface area contributed by atoms with Crippen molar-refractivity contribution in [2.45, 2.75) is 0 Å². The summed E-state index contributed by atoms with van der Waals surface area (Å²) < 4.78 is 0. The van der Waals surface area contributed by atoms with Crippen LogP contribution in [0.25, 0.3) is 0 Å². The van der Waals surface area contributed by atoms with E-state index in [1.54, 1.807) is 12.1 Å². The number of hydrogen-bond acceptors (Lipinski definition) is 4. The van der Waals surface area contributed by atoms with Crippen LogP contribution in [0.4, 0.5) is 16.2 Å². The van der Waals surface area contributed by atoms with E-state index in [0.29, 0.717) is 11.3 Å². The molecule has 1 fully saturated rings. The molecule has 0 spiro atoms. The van der Waals surface area contributed by atoms with E-state index in [-0.39, 0.29) is 31.4 Å². The number of imide groups is 1. The first-order valence-electron chi connectivity index (χ1n) is 7.92. The van der Waals surface area contributed by atoms with Crippen LogP contribution in [0.2, 0.25) is 0 Å². The highest BCUT2D eigenvalue weighted by Gasteiger charge is 2.27. The molecule has 1 aliphatic heterocycles. The van der Waals surface area contributed by atoms with Crippen LogP contribution in [-0.4, -0.2) is 42.4 Å². The molecule has 3 rings (SSSR count). The largest absolute Gasteiger partial charge is 0.355 e. The predicted molar refractivity (Wildman–Crippen MR) is 93.6 cm³/mol. The van der Waals surface area contributed by atoms with Crippen LogP contribution < -0.4 is 16.0 Å². The second kappa shape index (κ2) is 7.48. The molecule has 4 amide bonds. The summed E-state index contributed by atoms with van der Waals surface area (Å²) in [7, 11) is 0. The minimum Gasteiger partial charge on any atom is -0.355 e. The molecule has 0 unspecified atom stereocenters. The number of amides is 4. The van der Waals surface area contributed by atoms with Gasteiger partial charge in [-0.1, -0.05) is 30.3 Å². The van der Waals surface area contributed by atoms with Gasteiger partial charge in [0.2, 0.25) is 5.91 Å². The average Bonchev–Trinajstić information content (AvgIpc) is 2.95. The van der Waals surface area contributed by atoms with Gasteiger partial charge in [0.25, 0.3) is 5.91 Å². The zero-order valence-corrected chi connectivity index (χ0v) is 13.5. The number of rotatable bonds is 6. The standard InChI is InChI=1S/C18H18N4O3/c23-16-12-20-18(25)22(16)11-10-19-17(24)14-8-4-5-9-15(14)21-13-6-2-1-3-7-13/h1-9,21H,10-12H2,(H,19,24)(H,20,25). The number of para-hydroxylation sites is 2. The molecule has 0 atom stereocenters. The summed E-state index contributed by atoms with van der Waals surface area (Å²) >= 11 is 0. The van der Waals surface area contributed by atoms with Crippen molar-refractivity contribution in [2.24, 2.45) is 0 Å². The highest BCUT2D eigenvalue weighted by atomic mass is 16.2. The summed E-state index contributed by atoms with van der Waals surface area (Å²) in [5, 5.41) is 8.39. The van der Waals surface area contributed by atoms with Gasteiger partial charge in [-0.05, 0) is 24.3 Å². The van der Waals surface area contributed by atoms with Crippen molar-refractivity contribution < 1.29 is 14.4 Å². The van der Waals surface area contributed by atoms with Crippen LogP contribution in [0, 0.1) is 0 Å². The van der Waals surface area contributed by atoms with Gasteiger partial charge in [0.15, 0.2) is 0 Å². The predicted octanol–water partition coefficient (Wildman–Crippen LogP) is 1.71. The summed E-state index contributed by atoms with van der Waals surface area (Å²) in [6, 6.07) is 16.3. The van der Waals surface area contributed by atoms with Crippen LogP contribution in [0.5, 0.6) is 0 Å². The lowest BCUT2D eigenvalue weighted by Crippen LogP contribution is -2.38. The van der Waals surface area contributed by atoms with Gasteiger partial charge in [-0.3, -0.25) is 14.5 Å². The Balaban J connectivity index is 1.62. The number of anilines is 2. The average molecular weight is 338 g/mol. The van der Waals surface area contributed by atoms with Gasteiger partial charge in [0.05, 0.1) is 17.8 Å². The van der Waals surface area contributed by atoms with Crippen molar-refractivity contribution in [3.8, 4) is 0 Å². The van der Waals surface area contributed by atoms with Gasteiger partial charge in [-0.25, -0.2) is 4.79 Å². The summed E-state index contributed by atoms with van der Waals surface area (Å²) in [6.45, 7) is 0.346. The molecule has 0 bridgehead atoms. The van der Waals surface area contributed by atoms with E-state index in [0.717, 1.165) is 10.6 Å². The summed E-state index contributed by atoms with van der Waals surface area (Å²) in [6.07, 6.45) is 0. The number of urea groups is 1. The lowest BCUT2D eigenvalue weighted by molar-refractivity contribution is -0.124. The first kappa shape index (κ1) is 16.5. The van der Waals surface area contributed by atoms with Crippen molar-refractivity contribution in [1.29, 1.82) is 0 Å². The van der Waals surface area contributed by atoms with Gasteiger partial charge in [-0.15, -0.1) is 0 Å². The SMILES string of the molecule is O=C(NCCN1C(=O)CNC1=O)c1ccccc1Nc1ccccc1. The van der Waals surface area contributed by atoms with E-state index in [2.05, 4.69) is 16.0 Å². The Morgan fingerprint density at radius 2 is 1.76 bits per heavy atom. The minimum atomic E-state index is -0.426. The van der Waals surface area contributed by atoms with Gasteiger partial charge >= 0.3 is 6.03 Å². The molecule has 1 aliphatic rings. The van der Waals surface area contributed by atoms with Gasteiger partial charge in [0, 0.05) is 18.8 Å². The first-order chi connectivity index (χ1) is 12.1. The molecule has 3 N–H and O–H groups in total. The molecule has 2 aromatic rings. The lowest BCUT2D eigenvalue weighted by atomic mass is 10.1. The second-order valence-corrected chi connectivity index (χ2v) is 5.50. The molecule has 1 heterocycles. The van der Waals surface area contributed by atoms with Crippen LogP contribution in [0.3, 0.4) is 0 Å². The topological polar surface area (TPSA) is 90.5 Å². The van der Waals surface area contributed by atoms with E-state index >= 15 is 0 Å². The fourth-order valence-corrected chi connectivity index (χ4v) is 2.53. The maximum Gasteiger partial charge on any atom is 0.324 e. The molecule has 128 valence electrons. The second-order valence-electron chi connectivity index (χ2n) is 5.50. The molecule has 7 nitrogen and oxygen atoms in total. The maximum atomic E-state index is 12.4. The summed E-state index contributed by atoms with van der Waals surface area (Å²) in [4.78, 5) is 36.5. The van der Waals surface area contributed by atoms with E-state index in [4.69, 9.17) is 0 Å². The minimum absolute atomic E-state index is 0.0105. The highest BCUT2D eigenvalue weighted by Crippen LogP contribution is 2.20. The zero-order valence-electron chi connectivity index (χ0n) is 13.5. The van der Waals surface area contributed by atoms with Gasteiger partial charge in [-0.2, -0.15) is 0 Å². The van der Waals surface area contributed by atoms with Crippen molar-refractivity contribution in [2.75, 3.05) is 25.0 Å². The Hall–Kier alpha value is -3.35. The Morgan fingerprint density at radius 1 is 1.04 bits per heavy atom. The molecule has 1 saturated heterocycles.